The molecule has 0 unspecified atom stereocenters. The van der Waals surface area contributed by atoms with E-state index in [4.69, 9.17) is 4.74 Å². The van der Waals surface area contributed by atoms with E-state index < -0.39 is 10.5 Å². The van der Waals surface area contributed by atoms with Crippen LogP contribution >= 0.6 is 11.3 Å². The topological polar surface area (TPSA) is 81.7 Å². The molecule has 18 heavy (non-hydrogen) atoms. The van der Waals surface area contributed by atoms with Gasteiger partial charge in [0.2, 0.25) is 5.82 Å². The molecule has 0 aliphatic rings. The molecule has 2 rings (SSSR count). The van der Waals surface area contributed by atoms with E-state index in [-0.39, 0.29) is 11.6 Å². The molecular weight excluding hydrogens is 256 g/mol. The number of fused-ring (bicyclic) bond motifs is 1. The number of methoxy groups -OCH3 is 1. The van der Waals surface area contributed by atoms with Crippen molar-refractivity contribution in [2.45, 2.75) is 19.4 Å². The maximum atomic E-state index is 11.1. The van der Waals surface area contributed by atoms with E-state index in [0.717, 1.165) is 0 Å². The molecule has 0 atom stereocenters. The first-order valence-corrected chi connectivity index (χ1v) is 6.19. The highest BCUT2D eigenvalue weighted by Crippen LogP contribution is 2.29. The highest BCUT2D eigenvalue weighted by molar-refractivity contribution is 7.15. The molecule has 0 radical (unpaired) electrons. The first-order valence-electron chi connectivity index (χ1n) is 5.32. The van der Waals surface area contributed by atoms with E-state index in [0.29, 0.717) is 11.6 Å². The number of hydrogen-bond donors (Lipinski definition) is 1. The molecule has 8 heteroatoms. The van der Waals surface area contributed by atoms with Crippen molar-refractivity contribution in [1.82, 2.24) is 9.38 Å². The summed E-state index contributed by atoms with van der Waals surface area (Å²) in [5.74, 6) is 0.226. The molecule has 2 heterocycles. The van der Waals surface area contributed by atoms with Crippen LogP contribution in [-0.4, -0.2) is 33.6 Å². The van der Waals surface area contributed by atoms with Crippen molar-refractivity contribution in [1.29, 1.82) is 0 Å². The van der Waals surface area contributed by atoms with E-state index in [1.807, 2.05) is 13.8 Å². The van der Waals surface area contributed by atoms with Crippen LogP contribution in [0.15, 0.2) is 11.6 Å². The van der Waals surface area contributed by atoms with Crippen molar-refractivity contribution in [3.05, 3.63) is 21.7 Å². The molecule has 2 aromatic rings. The normalized spacial score (nSPS) is 11.9. The molecule has 0 saturated carbocycles. The summed E-state index contributed by atoms with van der Waals surface area (Å²) >= 11 is 1.36. The minimum Gasteiger partial charge on any atom is -0.382 e. The van der Waals surface area contributed by atoms with Gasteiger partial charge in [-0.05, 0) is 18.8 Å². The Morgan fingerprint density at radius 3 is 3.00 bits per heavy atom. The summed E-state index contributed by atoms with van der Waals surface area (Å²) in [7, 11) is 1.59. The summed E-state index contributed by atoms with van der Waals surface area (Å²) in [6, 6.07) is 0. The van der Waals surface area contributed by atoms with E-state index in [1.54, 1.807) is 18.7 Å². The number of nitrogens with zero attached hydrogens (tertiary/aromatic N) is 3. The number of anilines is 1. The zero-order valence-corrected chi connectivity index (χ0v) is 11.2. The number of hydrogen-bond acceptors (Lipinski definition) is 6. The van der Waals surface area contributed by atoms with Crippen molar-refractivity contribution in [2.75, 3.05) is 19.0 Å². The highest BCUT2D eigenvalue weighted by Gasteiger charge is 2.28. The van der Waals surface area contributed by atoms with Crippen LogP contribution in [0, 0.1) is 10.1 Å². The number of rotatable bonds is 5. The molecule has 0 spiro atoms. The van der Waals surface area contributed by atoms with Gasteiger partial charge in [0.25, 0.3) is 4.96 Å². The zero-order chi connectivity index (χ0) is 13.3. The smallest absolute Gasteiger partial charge is 0.372 e. The second-order valence-electron chi connectivity index (χ2n) is 4.54. The minimum absolute atomic E-state index is 0.0459. The lowest BCUT2D eigenvalue weighted by Crippen LogP contribution is -2.36. The largest absolute Gasteiger partial charge is 0.382 e. The minimum atomic E-state index is -0.433. The summed E-state index contributed by atoms with van der Waals surface area (Å²) < 4.78 is 6.54. The quantitative estimate of drug-likeness (QED) is 0.665. The Morgan fingerprint density at radius 2 is 2.39 bits per heavy atom. The van der Waals surface area contributed by atoms with Gasteiger partial charge in [0.1, 0.15) is 6.20 Å². The van der Waals surface area contributed by atoms with Gasteiger partial charge in [-0.3, -0.25) is 0 Å². The highest BCUT2D eigenvalue weighted by atomic mass is 32.1. The van der Waals surface area contributed by atoms with Crippen LogP contribution in [0.1, 0.15) is 13.8 Å². The Labute approximate surface area is 108 Å². The predicted molar refractivity (Wildman–Crippen MR) is 69.3 cm³/mol. The van der Waals surface area contributed by atoms with Crippen LogP contribution in [-0.2, 0) is 4.74 Å². The maximum Gasteiger partial charge on any atom is 0.372 e. The molecule has 0 aromatic carbocycles. The van der Waals surface area contributed by atoms with Gasteiger partial charge in [-0.1, -0.05) is 11.3 Å². The summed E-state index contributed by atoms with van der Waals surface area (Å²) in [5.41, 5.74) is -0.427. The second-order valence-corrected chi connectivity index (χ2v) is 5.41. The standard InChI is InChI=1S/C10H14N4O3S/c1-10(2,6-17-3)12-7-8(14(15)16)13-4-5-18-9(13)11-7/h4-5,12H,6H2,1-3H3. The molecule has 0 saturated heterocycles. The van der Waals surface area contributed by atoms with E-state index in [1.165, 1.54) is 15.7 Å². The first-order chi connectivity index (χ1) is 8.44. The molecule has 2 aromatic heterocycles. The fourth-order valence-electron chi connectivity index (χ4n) is 1.75. The van der Waals surface area contributed by atoms with Crippen LogP contribution in [0.5, 0.6) is 0 Å². The fraction of sp³-hybridized carbons (Fsp3) is 0.500. The monoisotopic (exact) mass is 270 g/mol. The molecule has 0 bridgehead atoms. The third-order valence-electron chi connectivity index (χ3n) is 2.37. The first kappa shape index (κ1) is 12.8. The summed E-state index contributed by atoms with van der Waals surface area (Å²) in [4.78, 5) is 15.5. The van der Waals surface area contributed by atoms with Crippen molar-refractivity contribution in [2.24, 2.45) is 0 Å². The molecular formula is C10H14N4O3S. The molecule has 98 valence electrons. The van der Waals surface area contributed by atoms with Gasteiger partial charge >= 0.3 is 5.82 Å². The summed E-state index contributed by atoms with van der Waals surface area (Å²) in [6.07, 6.45) is 1.64. The Kier molecular flexibility index (Phi) is 3.22. The number of imidazole rings is 1. The number of nitro groups is 1. The lowest BCUT2D eigenvalue weighted by atomic mass is 10.1. The number of aromatic nitrogens is 2. The molecule has 0 fully saturated rings. The van der Waals surface area contributed by atoms with Gasteiger partial charge in [-0.2, -0.15) is 9.38 Å². The summed E-state index contributed by atoms with van der Waals surface area (Å²) in [6.45, 7) is 4.22. The Morgan fingerprint density at radius 1 is 1.67 bits per heavy atom. The van der Waals surface area contributed by atoms with Crippen molar-refractivity contribution in [3.8, 4) is 0 Å². The lowest BCUT2D eigenvalue weighted by molar-refractivity contribution is -0.389. The average Bonchev–Trinajstić information content (AvgIpc) is 2.74. The van der Waals surface area contributed by atoms with Gasteiger partial charge in [0.15, 0.2) is 0 Å². The zero-order valence-electron chi connectivity index (χ0n) is 10.3. The molecule has 0 aliphatic carbocycles. The second kappa shape index (κ2) is 4.54. The van der Waals surface area contributed by atoms with Crippen molar-refractivity contribution < 1.29 is 9.66 Å². The molecule has 0 aliphatic heterocycles. The molecule has 0 amide bonds. The molecule has 7 nitrogen and oxygen atoms in total. The Bertz CT molecular complexity index is 575. The number of ether oxygens (including phenoxy) is 1. The molecule has 1 N–H and O–H groups in total. The Hall–Kier alpha value is -1.67. The van der Waals surface area contributed by atoms with Gasteiger partial charge in [0, 0.05) is 12.5 Å². The third kappa shape index (κ3) is 2.29. The van der Waals surface area contributed by atoms with E-state index in [9.17, 15) is 10.1 Å². The van der Waals surface area contributed by atoms with E-state index >= 15 is 0 Å². The third-order valence-corrected chi connectivity index (χ3v) is 3.13. The van der Waals surface area contributed by atoms with Gasteiger partial charge in [-0.25, -0.2) is 0 Å². The average molecular weight is 270 g/mol. The van der Waals surface area contributed by atoms with Gasteiger partial charge in [-0.15, -0.1) is 0 Å². The maximum absolute atomic E-state index is 11.1. The lowest BCUT2D eigenvalue weighted by Gasteiger charge is -2.24. The SMILES string of the molecule is COCC(C)(C)Nc1nc2sccn2c1[N+](=O)[O-]. The number of nitrogens with one attached hydrogen (secondary N) is 1. The fourth-order valence-corrected chi connectivity index (χ4v) is 2.46. The van der Waals surface area contributed by atoms with Crippen molar-refractivity contribution >= 4 is 27.9 Å². The van der Waals surface area contributed by atoms with Crippen LogP contribution in [0.2, 0.25) is 0 Å². The van der Waals surface area contributed by atoms with Crippen LogP contribution < -0.4 is 5.32 Å². The van der Waals surface area contributed by atoms with Gasteiger partial charge in [0.05, 0.1) is 12.1 Å². The van der Waals surface area contributed by atoms with Crippen molar-refractivity contribution in [3.63, 3.8) is 0 Å². The van der Waals surface area contributed by atoms with Crippen LogP contribution in [0.3, 0.4) is 0 Å². The number of thiazole rings is 1. The Balaban J connectivity index is 2.41. The van der Waals surface area contributed by atoms with Crippen LogP contribution in [0.4, 0.5) is 11.6 Å². The van der Waals surface area contributed by atoms with Gasteiger partial charge < -0.3 is 20.2 Å². The summed E-state index contributed by atoms with van der Waals surface area (Å²) in [5, 5.41) is 15.9. The van der Waals surface area contributed by atoms with Crippen LogP contribution in [0.25, 0.3) is 4.96 Å². The predicted octanol–water partition coefficient (Wildman–Crippen LogP) is 2.14. The van der Waals surface area contributed by atoms with E-state index in [2.05, 4.69) is 10.3 Å².